The second-order valence-corrected chi connectivity index (χ2v) is 4.38. The number of hydrogen-bond acceptors (Lipinski definition) is 3. The summed E-state index contributed by atoms with van der Waals surface area (Å²) in [5, 5.41) is 2.70. The summed E-state index contributed by atoms with van der Waals surface area (Å²) in [6, 6.07) is 0. The highest BCUT2D eigenvalue weighted by molar-refractivity contribution is 5.82. The van der Waals surface area contributed by atoms with Crippen molar-refractivity contribution in [2.24, 2.45) is 5.92 Å². The fourth-order valence-corrected chi connectivity index (χ4v) is 1.81. The number of nitrogens with zero attached hydrogens (tertiary/aromatic N) is 2. The van der Waals surface area contributed by atoms with Crippen molar-refractivity contribution in [2.75, 3.05) is 40.3 Å². The van der Waals surface area contributed by atoms with Gasteiger partial charge < -0.3 is 15.1 Å². The van der Waals surface area contributed by atoms with Crippen LogP contribution in [0, 0.1) is 5.92 Å². The number of alkyl halides is 3. The number of carbonyl (C=O) groups excluding carboxylic acids is 2. The molecule has 8 heteroatoms. The number of likely N-dealkylation sites (tertiary alicyclic amines) is 1. The minimum absolute atomic E-state index is 0.0511. The normalized spacial score (nSPS) is 16.4. The van der Waals surface area contributed by atoms with Crippen molar-refractivity contribution in [1.82, 2.24) is 15.1 Å². The van der Waals surface area contributed by atoms with Crippen molar-refractivity contribution in [3.05, 3.63) is 0 Å². The Kier molecular flexibility index (Phi) is 4.55. The molecule has 1 heterocycles. The Balaban J connectivity index is 2.31. The van der Waals surface area contributed by atoms with Crippen molar-refractivity contribution in [3.63, 3.8) is 0 Å². The highest BCUT2D eigenvalue weighted by atomic mass is 19.4. The Bertz CT molecular complexity index is 327. The lowest BCUT2D eigenvalue weighted by atomic mass is 9.99. The predicted molar refractivity (Wildman–Crippen MR) is 57.7 cm³/mol. The highest BCUT2D eigenvalue weighted by Crippen LogP contribution is 2.25. The summed E-state index contributed by atoms with van der Waals surface area (Å²) in [4.78, 5) is 24.4. The molecule has 5 nitrogen and oxygen atoms in total. The number of rotatable bonds is 4. The average molecular weight is 267 g/mol. The molecule has 1 aliphatic rings. The fraction of sp³-hybridized carbons (Fsp3) is 0.800. The quantitative estimate of drug-likeness (QED) is 0.760. The van der Waals surface area contributed by atoms with E-state index in [0.717, 1.165) is 4.90 Å². The Labute approximate surface area is 103 Å². The van der Waals surface area contributed by atoms with Crippen LogP contribution < -0.4 is 5.32 Å². The van der Waals surface area contributed by atoms with Crippen molar-refractivity contribution < 1.29 is 22.8 Å². The Morgan fingerprint density at radius 3 is 2.39 bits per heavy atom. The molecule has 0 aliphatic carbocycles. The molecule has 0 unspecified atom stereocenters. The summed E-state index contributed by atoms with van der Waals surface area (Å²) >= 11 is 0. The summed E-state index contributed by atoms with van der Waals surface area (Å²) in [5.74, 6) is -2.01. The molecule has 0 saturated carbocycles. The molecule has 0 spiro atoms. The van der Waals surface area contributed by atoms with Gasteiger partial charge in [-0.05, 0) is 7.05 Å². The van der Waals surface area contributed by atoms with Gasteiger partial charge in [-0.2, -0.15) is 13.2 Å². The first-order chi connectivity index (χ1) is 8.25. The molecule has 18 heavy (non-hydrogen) atoms. The lowest BCUT2D eigenvalue weighted by molar-refractivity contribution is -0.191. The number of carbonyl (C=O) groups is 2. The van der Waals surface area contributed by atoms with E-state index in [1.807, 2.05) is 0 Å². The summed E-state index contributed by atoms with van der Waals surface area (Å²) in [7, 11) is 3.23. The SMILES string of the molecule is CNCC(=O)N(C)CC1CN(C(=O)C(F)(F)F)C1. The molecular weight excluding hydrogens is 251 g/mol. The van der Waals surface area contributed by atoms with E-state index in [4.69, 9.17) is 0 Å². The molecule has 0 aromatic heterocycles. The Morgan fingerprint density at radius 1 is 1.39 bits per heavy atom. The third-order valence-electron chi connectivity index (χ3n) is 2.77. The standard InChI is InChI=1S/C10H16F3N3O2/c1-14-3-8(17)15(2)4-7-5-16(6-7)9(18)10(11,12)13/h7,14H,3-6H2,1-2H3. The van der Waals surface area contributed by atoms with Gasteiger partial charge in [-0.25, -0.2) is 0 Å². The molecule has 0 aromatic rings. The first-order valence-corrected chi connectivity index (χ1v) is 5.50. The number of halogens is 3. The maximum atomic E-state index is 12.1. The van der Waals surface area contributed by atoms with E-state index < -0.39 is 12.1 Å². The van der Waals surface area contributed by atoms with Crippen LogP contribution >= 0.6 is 0 Å². The van der Waals surface area contributed by atoms with Gasteiger partial charge in [0.2, 0.25) is 5.91 Å². The molecule has 0 atom stereocenters. The van der Waals surface area contributed by atoms with E-state index in [9.17, 15) is 22.8 Å². The molecule has 1 N–H and O–H groups in total. The van der Waals surface area contributed by atoms with Gasteiger partial charge in [-0.1, -0.05) is 0 Å². The van der Waals surface area contributed by atoms with Crippen LogP contribution in [0.1, 0.15) is 0 Å². The van der Waals surface area contributed by atoms with Crippen LogP contribution in [0.4, 0.5) is 13.2 Å². The van der Waals surface area contributed by atoms with Crippen molar-refractivity contribution in [1.29, 1.82) is 0 Å². The van der Waals surface area contributed by atoms with E-state index in [1.54, 1.807) is 14.1 Å². The largest absolute Gasteiger partial charge is 0.471 e. The zero-order valence-corrected chi connectivity index (χ0v) is 10.3. The number of likely N-dealkylation sites (N-methyl/N-ethyl adjacent to an activating group) is 2. The summed E-state index contributed by atoms with van der Waals surface area (Å²) in [5.41, 5.74) is 0. The van der Waals surface area contributed by atoms with Crippen molar-refractivity contribution >= 4 is 11.8 Å². The Morgan fingerprint density at radius 2 is 1.94 bits per heavy atom. The number of hydrogen-bond donors (Lipinski definition) is 1. The van der Waals surface area contributed by atoms with Crippen molar-refractivity contribution in [2.45, 2.75) is 6.18 Å². The molecule has 1 aliphatic heterocycles. The van der Waals surface area contributed by atoms with Crippen molar-refractivity contribution in [3.8, 4) is 0 Å². The maximum Gasteiger partial charge on any atom is 0.471 e. The Hall–Kier alpha value is -1.31. The lowest BCUT2D eigenvalue weighted by Gasteiger charge is -2.41. The van der Waals surface area contributed by atoms with E-state index in [2.05, 4.69) is 5.32 Å². The highest BCUT2D eigenvalue weighted by Gasteiger charge is 2.46. The number of amides is 2. The summed E-state index contributed by atoms with van der Waals surface area (Å²) in [6.07, 6.45) is -4.81. The van der Waals surface area contributed by atoms with Crippen LogP contribution in [0.5, 0.6) is 0 Å². The van der Waals surface area contributed by atoms with Gasteiger partial charge in [0, 0.05) is 32.6 Å². The van der Waals surface area contributed by atoms with Crippen LogP contribution in [0.3, 0.4) is 0 Å². The third-order valence-corrected chi connectivity index (χ3v) is 2.77. The van der Waals surface area contributed by atoms with Gasteiger partial charge in [0.25, 0.3) is 0 Å². The van der Waals surface area contributed by atoms with Crippen LogP contribution in [-0.4, -0.2) is 68.1 Å². The summed E-state index contributed by atoms with van der Waals surface area (Å²) < 4.78 is 36.2. The van der Waals surface area contributed by atoms with Gasteiger partial charge in [0.15, 0.2) is 0 Å². The fourth-order valence-electron chi connectivity index (χ4n) is 1.81. The van der Waals surface area contributed by atoms with E-state index in [0.29, 0.717) is 6.54 Å². The van der Waals surface area contributed by atoms with Gasteiger partial charge >= 0.3 is 12.1 Å². The third kappa shape index (κ3) is 3.59. The van der Waals surface area contributed by atoms with Gasteiger partial charge in [0.1, 0.15) is 0 Å². The monoisotopic (exact) mass is 267 g/mol. The lowest BCUT2D eigenvalue weighted by Crippen LogP contribution is -2.57. The van der Waals surface area contributed by atoms with E-state index >= 15 is 0 Å². The minimum atomic E-state index is -4.81. The van der Waals surface area contributed by atoms with Gasteiger partial charge in [-0.3, -0.25) is 9.59 Å². The smallest absolute Gasteiger partial charge is 0.344 e. The summed E-state index contributed by atoms with van der Waals surface area (Å²) in [6.45, 7) is 0.654. The predicted octanol–water partition coefficient (Wildman–Crippen LogP) is -0.315. The second kappa shape index (κ2) is 5.55. The first kappa shape index (κ1) is 14.7. The van der Waals surface area contributed by atoms with Crippen LogP contribution in [0.25, 0.3) is 0 Å². The number of nitrogens with one attached hydrogen (secondary N) is 1. The molecule has 0 aromatic carbocycles. The second-order valence-electron chi connectivity index (χ2n) is 4.38. The molecular formula is C10H16F3N3O2. The zero-order chi connectivity index (χ0) is 13.9. The maximum absolute atomic E-state index is 12.1. The zero-order valence-electron chi connectivity index (χ0n) is 10.3. The van der Waals surface area contributed by atoms with Crippen LogP contribution in [0.15, 0.2) is 0 Å². The minimum Gasteiger partial charge on any atom is -0.344 e. The van der Waals surface area contributed by atoms with Gasteiger partial charge in [0.05, 0.1) is 6.54 Å². The molecule has 0 radical (unpaired) electrons. The average Bonchev–Trinajstić information content (AvgIpc) is 2.20. The molecule has 1 rings (SSSR count). The molecule has 2 amide bonds. The van der Waals surface area contributed by atoms with E-state index in [1.165, 1.54) is 4.90 Å². The molecule has 1 saturated heterocycles. The molecule has 104 valence electrons. The van der Waals surface area contributed by atoms with Gasteiger partial charge in [-0.15, -0.1) is 0 Å². The first-order valence-electron chi connectivity index (χ1n) is 5.50. The van der Waals surface area contributed by atoms with E-state index in [-0.39, 0.29) is 31.5 Å². The molecule has 0 bridgehead atoms. The topological polar surface area (TPSA) is 52.7 Å². The van der Waals surface area contributed by atoms with Crippen LogP contribution in [-0.2, 0) is 9.59 Å². The molecule has 1 fully saturated rings. The van der Waals surface area contributed by atoms with Crippen LogP contribution in [0.2, 0.25) is 0 Å².